The van der Waals surface area contributed by atoms with Gasteiger partial charge in [-0.15, -0.1) is 11.8 Å². The van der Waals surface area contributed by atoms with Gasteiger partial charge in [-0.05, 0) is 40.8 Å². The van der Waals surface area contributed by atoms with Crippen LogP contribution in [0.5, 0.6) is 0 Å². The lowest BCUT2D eigenvalue weighted by atomic mass is 10.0. The van der Waals surface area contributed by atoms with Crippen LogP contribution in [0.2, 0.25) is 0 Å². The maximum atomic E-state index is 14.0. The molecule has 0 aliphatic rings. The molecule has 1 unspecified atom stereocenters. The zero-order valence-electron chi connectivity index (χ0n) is 20.6. The predicted molar refractivity (Wildman–Crippen MR) is 141 cm³/mol. The Balaban J connectivity index is 1.84. The van der Waals surface area contributed by atoms with Gasteiger partial charge < -0.3 is 10.2 Å². The van der Waals surface area contributed by atoms with Gasteiger partial charge in [-0.25, -0.2) is 8.78 Å². The van der Waals surface area contributed by atoms with Crippen molar-refractivity contribution in [2.75, 3.05) is 12.3 Å². The number of carbonyl (C=O) groups is 2. The summed E-state index contributed by atoms with van der Waals surface area (Å²) in [7, 11) is 0. The number of nitrogens with zero attached hydrogens (tertiary/aromatic N) is 1. The van der Waals surface area contributed by atoms with Crippen LogP contribution >= 0.6 is 11.8 Å². The molecule has 190 valence electrons. The first-order valence-electron chi connectivity index (χ1n) is 12.0. The highest BCUT2D eigenvalue weighted by atomic mass is 32.2. The molecule has 1 N–H and O–H groups in total. The molecule has 0 radical (unpaired) electrons. The normalized spacial score (nSPS) is 11.8. The van der Waals surface area contributed by atoms with Crippen molar-refractivity contribution in [3.05, 3.63) is 107 Å². The Hall–Kier alpha value is -3.19. The lowest BCUT2D eigenvalue weighted by molar-refractivity contribution is -0.139. The molecule has 0 aliphatic carbocycles. The minimum Gasteiger partial charge on any atom is -0.354 e. The molecule has 1 atom stereocenters. The van der Waals surface area contributed by atoms with Gasteiger partial charge in [-0.2, -0.15) is 0 Å². The molecule has 0 saturated carbocycles. The number of thioether (sulfide) groups is 1. The molecule has 0 aromatic heterocycles. The van der Waals surface area contributed by atoms with Crippen molar-refractivity contribution in [3.8, 4) is 0 Å². The summed E-state index contributed by atoms with van der Waals surface area (Å²) in [5, 5.41) is 2.97. The molecule has 0 fully saturated rings. The summed E-state index contributed by atoms with van der Waals surface area (Å²) < 4.78 is 27.5. The lowest BCUT2D eigenvalue weighted by Crippen LogP contribution is -2.51. The summed E-state index contributed by atoms with van der Waals surface area (Å²) >= 11 is 1.30. The van der Waals surface area contributed by atoms with Gasteiger partial charge in [0.2, 0.25) is 11.8 Å². The fourth-order valence-electron chi connectivity index (χ4n) is 3.71. The minimum atomic E-state index is -0.752. The van der Waals surface area contributed by atoms with Crippen LogP contribution < -0.4 is 5.32 Å². The lowest BCUT2D eigenvalue weighted by Gasteiger charge is -2.32. The van der Waals surface area contributed by atoms with E-state index in [9.17, 15) is 18.4 Å². The average molecular weight is 511 g/mol. The molecule has 2 amide bonds. The molecule has 0 bridgehead atoms. The number of hydrogen-bond donors (Lipinski definition) is 1. The number of hydrogen-bond acceptors (Lipinski definition) is 3. The number of nitrogens with one attached hydrogen (secondary N) is 1. The van der Waals surface area contributed by atoms with Gasteiger partial charge in [-0.1, -0.05) is 74.5 Å². The number of carbonyl (C=O) groups excluding carboxylic acids is 2. The summed E-state index contributed by atoms with van der Waals surface area (Å²) in [5.74, 6) is -0.472. The fraction of sp³-hybridized carbons (Fsp3) is 0.310. The van der Waals surface area contributed by atoms with E-state index >= 15 is 0 Å². The Morgan fingerprint density at radius 1 is 0.889 bits per heavy atom. The summed E-state index contributed by atoms with van der Waals surface area (Å²) in [6, 6.07) is 21.2. The standard InChI is InChI=1S/C29H32F2N2O2S/c1-21(2)17-32-29(35)27(16-22-8-4-3-5-9-22)33(18-23-12-14-25(30)15-13-23)28(34)20-36-19-24-10-6-7-11-26(24)31/h3-15,21,27H,16-20H2,1-2H3,(H,32,35). The van der Waals surface area contributed by atoms with Crippen molar-refractivity contribution >= 4 is 23.6 Å². The largest absolute Gasteiger partial charge is 0.354 e. The number of benzene rings is 3. The van der Waals surface area contributed by atoms with Gasteiger partial charge in [0.25, 0.3) is 0 Å². The number of amides is 2. The van der Waals surface area contributed by atoms with Crippen LogP contribution in [-0.4, -0.2) is 35.1 Å². The summed E-state index contributed by atoms with van der Waals surface area (Å²) in [4.78, 5) is 28.4. The van der Waals surface area contributed by atoms with Gasteiger partial charge in [0.1, 0.15) is 17.7 Å². The Kier molecular flexibility index (Phi) is 10.5. The van der Waals surface area contributed by atoms with Crippen LogP contribution in [-0.2, 0) is 28.3 Å². The van der Waals surface area contributed by atoms with Crippen LogP contribution in [0.4, 0.5) is 8.78 Å². The Bertz CT molecular complexity index is 1120. The maximum Gasteiger partial charge on any atom is 0.243 e. The average Bonchev–Trinajstić information content (AvgIpc) is 2.87. The first-order valence-corrected chi connectivity index (χ1v) is 13.2. The van der Waals surface area contributed by atoms with E-state index in [1.54, 1.807) is 35.2 Å². The van der Waals surface area contributed by atoms with Crippen molar-refractivity contribution in [2.24, 2.45) is 5.92 Å². The third-order valence-electron chi connectivity index (χ3n) is 5.66. The summed E-state index contributed by atoms with van der Waals surface area (Å²) in [6.07, 6.45) is 0.343. The highest BCUT2D eigenvalue weighted by molar-refractivity contribution is 7.99. The Morgan fingerprint density at radius 2 is 1.56 bits per heavy atom. The predicted octanol–water partition coefficient (Wildman–Crippen LogP) is 5.61. The zero-order valence-corrected chi connectivity index (χ0v) is 21.4. The molecule has 0 aliphatic heterocycles. The van der Waals surface area contributed by atoms with E-state index in [2.05, 4.69) is 5.32 Å². The second-order valence-corrected chi connectivity index (χ2v) is 10.1. The van der Waals surface area contributed by atoms with E-state index < -0.39 is 6.04 Å². The van der Waals surface area contributed by atoms with Gasteiger partial charge in [0.05, 0.1) is 5.75 Å². The highest BCUT2D eigenvalue weighted by Gasteiger charge is 2.30. The smallest absolute Gasteiger partial charge is 0.243 e. The van der Waals surface area contributed by atoms with Crippen molar-refractivity contribution in [2.45, 2.75) is 38.6 Å². The van der Waals surface area contributed by atoms with E-state index in [1.165, 1.54) is 30.0 Å². The van der Waals surface area contributed by atoms with Crippen molar-refractivity contribution in [1.29, 1.82) is 0 Å². The van der Waals surface area contributed by atoms with Crippen LogP contribution in [0.3, 0.4) is 0 Å². The van der Waals surface area contributed by atoms with Crippen LogP contribution in [0.1, 0.15) is 30.5 Å². The van der Waals surface area contributed by atoms with Crippen molar-refractivity contribution in [1.82, 2.24) is 10.2 Å². The number of halogens is 2. The fourth-order valence-corrected chi connectivity index (χ4v) is 4.61. The molecular formula is C29H32F2N2O2S. The quantitative estimate of drug-likeness (QED) is 0.345. The van der Waals surface area contributed by atoms with E-state index in [4.69, 9.17) is 0 Å². The monoisotopic (exact) mass is 510 g/mol. The van der Waals surface area contributed by atoms with Gasteiger partial charge in [0, 0.05) is 25.3 Å². The van der Waals surface area contributed by atoms with E-state index in [-0.39, 0.29) is 41.7 Å². The maximum absolute atomic E-state index is 14.0. The van der Waals surface area contributed by atoms with Crippen LogP contribution in [0.15, 0.2) is 78.9 Å². The van der Waals surface area contributed by atoms with Gasteiger partial charge in [0.15, 0.2) is 0 Å². The number of rotatable bonds is 12. The molecule has 7 heteroatoms. The Morgan fingerprint density at radius 3 is 2.22 bits per heavy atom. The second-order valence-electron chi connectivity index (χ2n) is 9.08. The summed E-state index contributed by atoms with van der Waals surface area (Å²) in [6.45, 7) is 4.66. The molecule has 0 heterocycles. The van der Waals surface area contributed by atoms with Crippen LogP contribution in [0, 0.1) is 17.6 Å². The molecule has 3 aromatic rings. The minimum absolute atomic E-state index is 0.0816. The van der Waals surface area contributed by atoms with Crippen molar-refractivity contribution in [3.63, 3.8) is 0 Å². The highest BCUT2D eigenvalue weighted by Crippen LogP contribution is 2.20. The molecular weight excluding hydrogens is 478 g/mol. The third-order valence-corrected chi connectivity index (χ3v) is 6.63. The van der Waals surface area contributed by atoms with Gasteiger partial charge in [-0.3, -0.25) is 9.59 Å². The summed E-state index contributed by atoms with van der Waals surface area (Å²) in [5.41, 5.74) is 2.17. The van der Waals surface area contributed by atoms with E-state index in [0.29, 0.717) is 24.3 Å². The molecule has 36 heavy (non-hydrogen) atoms. The topological polar surface area (TPSA) is 49.4 Å². The Labute approximate surface area is 216 Å². The molecule has 3 aromatic carbocycles. The first kappa shape index (κ1) is 27.4. The molecule has 4 nitrogen and oxygen atoms in total. The SMILES string of the molecule is CC(C)CNC(=O)C(Cc1ccccc1)N(Cc1ccc(F)cc1)C(=O)CSCc1ccccc1F. The zero-order chi connectivity index (χ0) is 25.9. The molecule has 3 rings (SSSR count). The van der Waals surface area contributed by atoms with E-state index in [0.717, 1.165) is 11.1 Å². The van der Waals surface area contributed by atoms with Crippen LogP contribution in [0.25, 0.3) is 0 Å². The van der Waals surface area contributed by atoms with Gasteiger partial charge >= 0.3 is 0 Å². The van der Waals surface area contributed by atoms with Crippen molar-refractivity contribution < 1.29 is 18.4 Å². The van der Waals surface area contributed by atoms with E-state index in [1.807, 2.05) is 44.2 Å². The second kappa shape index (κ2) is 13.8. The third kappa shape index (κ3) is 8.48. The molecule has 0 saturated heterocycles. The molecule has 0 spiro atoms. The first-order chi connectivity index (χ1) is 17.3.